The molecule has 0 radical (unpaired) electrons. The lowest BCUT2D eigenvalue weighted by Gasteiger charge is -2.29. The summed E-state index contributed by atoms with van der Waals surface area (Å²) >= 11 is 5.99. The van der Waals surface area contributed by atoms with E-state index in [-0.39, 0.29) is 6.04 Å². The van der Waals surface area contributed by atoms with Crippen molar-refractivity contribution in [2.45, 2.75) is 30.2 Å². The Balaban J connectivity index is 1.80. The molecule has 0 spiro atoms. The first kappa shape index (κ1) is 17.2. The third kappa shape index (κ3) is 4.06. The number of benzene rings is 1. The summed E-state index contributed by atoms with van der Waals surface area (Å²) in [7, 11) is -3.52. The zero-order valence-electron chi connectivity index (χ0n) is 13.2. The van der Waals surface area contributed by atoms with E-state index in [4.69, 9.17) is 11.6 Å². The van der Waals surface area contributed by atoms with Gasteiger partial charge >= 0.3 is 0 Å². The molecule has 1 atom stereocenters. The number of likely N-dealkylation sites (tertiary alicyclic amines) is 1. The Morgan fingerprint density at radius 3 is 2.74 bits per heavy atom. The molecule has 0 saturated carbocycles. The van der Waals surface area contributed by atoms with Gasteiger partial charge in [-0.25, -0.2) is 8.42 Å². The molecule has 7 heteroatoms. The van der Waals surface area contributed by atoms with Gasteiger partial charge < -0.3 is 10.2 Å². The lowest BCUT2D eigenvalue weighted by atomic mass is 10.2. The minimum absolute atomic E-state index is 0.0292. The van der Waals surface area contributed by atoms with E-state index in [1.165, 1.54) is 12.8 Å². The summed E-state index contributed by atoms with van der Waals surface area (Å²) in [4.78, 5) is 2.64. The predicted octanol–water partition coefficient (Wildman–Crippen LogP) is 1.79. The predicted molar refractivity (Wildman–Crippen MR) is 92.3 cm³/mol. The van der Waals surface area contributed by atoms with E-state index >= 15 is 0 Å². The second kappa shape index (κ2) is 7.49. The van der Waals surface area contributed by atoms with Crippen molar-refractivity contribution in [1.29, 1.82) is 0 Å². The summed E-state index contributed by atoms with van der Waals surface area (Å²) in [5.41, 5.74) is 0. The summed E-state index contributed by atoms with van der Waals surface area (Å²) in [5.74, 6) is 0. The monoisotopic (exact) mass is 357 g/mol. The zero-order chi connectivity index (χ0) is 16.3. The SMILES string of the molecule is O=S(=O)(c1cccc(Cl)c1)N(CCN1CCCC1)C1CCNC1. The van der Waals surface area contributed by atoms with Crippen molar-refractivity contribution in [3.05, 3.63) is 29.3 Å². The van der Waals surface area contributed by atoms with Crippen LogP contribution in [0.5, 0.6) is 0 Å². The van der Waals surface area contributed by atoms with E-state index in [0.29, 0.717) is 16.5 Å². The van der Waals surface area contributed by atoms with E-state index in [0.717, 1.165) is 39.1 Å². The first-order valence-electron chi connectivity index (χ1n) is 8.28. The largest absolute Gasteiger partial charge is 0.315 e. The number of nitrogens with zero attached hydrogens (tertiary/aromatic N) is 2. The first-order chi connectivity index (χ1) is 11.1. The molecule has 0 bridgehead atoms. The van der Waals surface area contributed by atoms with Crippen molar-refractivity contribution in [3.63, 3.8) is 0 Å². The summed E-state index contributed by atoms with van der Waals surface area (Å²) < 4.78 is 27.9. The Hall–Kier alpha value is -0.660. The highest BCUT2D eigenvalue weighted by Crippen LogP contribution is 2.23. The molecule has 0 amide bonds. The molecule has 5 nitrogen and oxygen atoms in total. The number of hydrogen-bond donors (Lipinski definition) is 1. The molecule has 1 aromatic carbocycles. The van der Waals surface area contributed by atoms with Gasteiger partial charge in [0.25, 0.3) is 0 Å². The molecule has 128 valence electrons. The van der Waals surface area contributed by atoms with Gasteiger partial charge in [0.05, 0.1) is 4.90 Å². The molecule has 23 heavy (non-hydrogen) atoms. The minimum Gasteiger partial charge on any atom is -0.315 e. The minimum atomic E-state index is -3.52. The fourth-order valence-electron chi connectivity index (χ4n) is 3.39. The van der Waals surface area contributed by atoms with Crippen molar-refractivity contribution < 1.29 is 8.42 Å². The summed E-state index contributed by atoms with van der Waals surface area (Å²) in [5, 5.41) is 3.72. The van der Waals surface area contributed by atoms with E-state index in [9.17, 15) is 8.42 Å². The molecule has 1 unspecified atom stereocenters. The van der Waals surface area contributed by atoms with Crippen LogP contribution in [0, 0.1) is 0 Å². The molecule has 0 aliphatic carbocycles. The van der Waals surface area contributed by atoms with E-state index in [1.54, 1.807) is 28.6 Å². The highest BCUT2D eigenvalue weighted by Gasteiger charge is 2.33. The first-order valence-corrected chi connectivity index (χ1v) is 10.1. The average Bonchev–Trinajstić information content (AvgIpc) is 3.20. The molecular weight excluding hydrogens is 334 g/mol. The van der Waals surface area contributed by atoms with Crippen LogP contribution < -0.4 is 5.32 Å². The van der Waals surface area contributed by atoms with Gasteiger partial charge in [-0.2, -0.15) is 4.31 Å². The molecule has 2 fully saturated rings. The standard InChI is InChI=1S/C16H24ClN3O2S/c17-14-4-3-5-16(12-14)23(21,22)20(15-6-7-18-13-15)11-10-19-8-1-2-9-19/h3-5,12,15,18H,1-2,6-11,13H2. The van der Waals surface area contributed by atoms with Gasteiger partial charge in [0, 0.05) is 30.7 Å². The molecule has 0 aromatic heterocycles. The lowest BCUT2D eigenvalue weighted by molar-refractivity contribution is 0.265. The molecule has 2 saturated heterocycles. The molecular formula is C16H24ClN3O2S. The van der Waals surface area contributed by atoms with Gasteiger partial charge in [0.1, 0.15) is 0 Å². The quantitative estimate of drug-likeness (QED) is 0.843. The second-order valence-electron chi connectivity index (χ2n) is 6.27. The maximum Gasteiger partial charge on any atom is 0.243 e. The third-order valence-electron chi connectivity index (χ3n) is 4.68. The van der Waals surface area contributed by atoms with Crippen molar-refractivity contribution >= 4 is 21.6 Å². The van der Waals surface area contributed by atoms with Gasteiger partial charge in [-0.05, 0) is 57.1 Å². The second-order valence-corrected chi connectivity index (χ2v) is 8.60. The molecule has 1 aromatic rings. The van der Waals surface area contributed by atoms with Crippen molar-refractivity contribution in [1.82, 2.24) is 14.5 Å². The number of rotatable bonds is 6. The smallest absolute Gasteiger partial charge is 0.243 e. The number of nitrogens with one attached hydrogen (secondary N) is 1. The van der Waals surface area contributed by atoms with Crippen LogP contribution in [-0.4, -0.2) is 62.9 Å². The zero-order valence-corrected chi connectivity index (χ0v) is 14.8. The summed E-state index contributed by atoms with van der Waals surface area (Å²) in [6, 6.07) is 6.60. The van der Waals surface area contributed by atoms with Gasteiger partial charge in [-0.15, -0.1) is 0 Å². The summed E-state index contributed by atoms with van der Waals surface area (Å²) in [6.45, 7) is 5.09. The summed E-state index contributed by atoms with van der Waals surface area (Å²) in [6.07, 6.45) is 3.29. The highest BCUT2D eigenvalue weighted by molar-refractivity contribution is 7.89. The van der Waals surface area contributed by atoms with Crippen LogP contribution in [0.4, 0.5) is 0 Å². The maximum absolute atomic E-state index is 13.1. The van der Waals surface area contributed by atoms with Crippen LogP contribution in [0.3, 0.4) is 0 Å². The Morgan fingerprint density at radius 1 is 1.30 bits per heavy atom. The highest BCUT2D eigenvalue weighted by atomic mass is 35.5. The fraction of sp³-hybridized carbons (Fsp3) is 0.625. The van der Waals surface area contributed by atoms with E-state index in [2.05, 4.69) is 10.2 Å². The van der Waals surface area contributed by atoms with E-state index < -0.39 is 10.0 Å². The van der Waals surface area contributed by atoms with Crippen LogP contribution >= 0.6 is 11.6 Å². The van der Waals surface area contributed by atoms with Crippen molar-refractivity contribution in [2.24, 2.45) is 0 Å². The van der Waals surface area contributed by atoms with Crippen molar-refractivity contribution in [2.75, 3.05) is 39.3 Å². The Morgan fingerprint density at radius 2 is 2.09 bits per heavy atom. The third-order valence-corrected chi connectivity index (χ3v) is 6.86. The molecule has 3 rings (SSSR count). The van der Waals surface area contributed by atoms with Crippen LogP contribution in [0.25, 0.3) is 0 Å². The Labute approximate surface area is 143 Å². The average molecular weight is 358 g/mol. The number of sulfonamides is 1. The normalized spacial score (nSPS) is 23.0. The van der Waals surface area contributed by atoms with Gasteiger partial charge in [0.15, 0.2) is 0 Å². The van der Waals surface area contributed by atoms with Crippen LogP contribution in [0.15, 0.2) is 29.2 Å². The number of halogens is 1. The Bertz CT molecular complexity index is 626. The maximum atomic E-state index is 13.1. The molecule has 2 aliphatic rings. The molecule has 2 heterocycles. The fourth-order valence-corrected chi connectivity index (χ4v) is 5.34. The van der Waals surface area contributed by atoms with Crippen LogP contribution in [0.2, 0.25) is 5.02 Å². The number of hydrogen-bond acceptors (Lipinski definition) is 4. The molecule has 1 N–H and O–H groups in total. The Kier molecular flexibility index (Phi) is 5.59. The lowest BCUT2D eigenvalue weighted by Crippen LogP contribution is -2.45. The van der Waals surface area contributed by atoms with Crippen molar-refractivity contribution in [3.8, 4) is 0 Å². The van der Waals surface area contributed by atoms with Crippen LogP contribution in [0.1, 0.15) is 19.3 Å². The molecule has 2 aliphatic heterocycles. The van der Waals surface area contributed by atoms with Gasteiger partial charge in [0.2, 0.25) is 10.0 Å². The van der Waals surface area contributed by atoms with E-state index in [1.807, 2.05) is 0 Å². The topological polar surface area (TPSA) is 52.7 Å². The van der Waals surface area contributed by atoms with Crippen LogP contribution in [-0.2, 0) is 10.0 Å². The van der Waals surface area contributed by atoms with Gasteiger partial charge in [-0.3, -0.25) is 0 Å². The van der Waals surface area contributed by atoms with Gasteiger partial charge in [-0.1, -0.05) is 17.7 Å².